The molecule has 0 aromatic rings. The van der Waals surface area contributed by atoms with Crippen LogP contribution < -0.4 is 5.32 Å². The first-order chi connectivity index (χ1) is 8.08. The van der Waals surface area contributed by atoms with Gasteiger partial charge in [0.2, 0.25) is 5.91 Å². The third kappa shape index (κ3) is 3.96. The van der Waals surface area contributed by atoms with Crippen LogP contribution in [0.25, 0.3) is 0 Å². The van der Waals surface area contributed by atoms with Gasteiger partial charge in [0.25, 0.3) is 0 Å². The molecule has 1 saturated heterocycles. The normalized spacial score (nSPS) is 16.5. The molecule has 6 heteroatoms. The van der Waals surface area contributed by atoms with Crippen LogP contribution in [0.15, 0.2) is 0 Å². The van der Waals surface area contributed by atoms with E-state index in [9.17, 15) is 9.59 Å². The summed E-state index contributed by atoms with van der Waals surface area (Å²) in [5, 5.41) is 3.12. The van der Waals surface area contributed by atoms with Crippen molar-refractivity contribution in [1.29, 1.82) is 0 Å². The number of rotatable bonds is 2. The first-order valence-corrected chi connectivity index (χ1v) is 6.15. The van der Waals surface area contributed by atoms with Crippen molar-refractivity contribution in [2.24, 2.45) is 5.92 Å². The van der Waals surface area contributed by atoms with Gasteiger partial charge in [-0.3, -0.25) is 9.59 Å². The monoisotopic (exact) mass is 258 g/mol. The highest BCUT2D eigenvalue weighted by Crippen LogP contribution is 2.18. The van der Waals surface area contributed by atoms with Crippen molar-refractivity contribution < 1.29 is 14.3 Å². The Balaban J connectivity index is 2.38. The molecule has 0 bridgehead atoms. The predicted molar refractivity (Wildman–Crippen MR) is 67.3 cm³/mol. The number of carbonyl (C=O) groups excluding carboxylic acids is 2. The summed E-state index contributed by atoms with van der Waals surface area (Å²) in [5.74, 6) is -0.279. The maximum absolute atomic E-state index is 11.3. The Labute approximate surface area is 106 Å². The van der Waals surface area contributed by atoms with E-state index in [1.807, 2.05) is 4.90 Å². The molecular formula is C11H18N2O3S. The number of methoxy groups -OCH3 is 1. The minimum absolute atomic E-state index is 0.0408. The average Bonchev–Trinajstić information content (AvgIpc) is 2.37. The average molecular weight is 258 g/mol. The Hall–Kier alpha value is -1.17. The Kier molecular flexibility index (Phi) is 5.34. The number of carbonyl (C=O) groups is 2. The predicted octanol–water partition coefficient (Wildman–Crippen LogP) is 0.682. The van der Waals surface area contributed by atoms with Gasteiger partial charge in [-0.05, 0) is 25.1 Å². The molecule has 1 amide bonds. The quantitative estimate of drug-likeness (QED) is 0.583. The lowest BCUT2D eigenvalue weighted by atomic mass is 9.97. The Bertz CT molecular complexity index is 312. The molecule has 1 fully saturated rings. The fourth-order valence-electron chi connectivity index (χ4n) is 1.77. The summed E-state index contributed by atoms with van der Waals surface area (Å²) in [7, 11) is 1.40. The van der Waals surface area contributed by atoms with Crippen molar-refractivity contribution in [2.45, 2.75) is 26.2 Å². The van der Waals surface area contributed by atoms with E-state index in [1.165, 1.54) is 7.11 Å². The van der Waals surface area contributed by atoms with Crippen LogP contribution in [0.5, 0.6) is 0 Å². The van der Waals surface area contributed by atoms with Gasteiger partial charge >= 0.3 is 5.97 Å². The lowest BCUT2D eigenvalue weighted by Crippen LogP contribution is -2.47. The molecule has 0 saturated carbocycles. The van der Waals surface area contributed by atoms with Crippen LogP contribution in [-0.2, 0) is 14.3 Å². The number of hydrogen-bond donors (Lipinski definition) is 1. The van der Waals surface area contributed by atoms with Crippen molar-refractivity contribution in [3.05, 3.63) is 0 Å². The third-order valence-corrected chi connectivity index (χ3v) is 3.24. The van der Waals surface area contributed by atoms with Crippen LogP contribution in [-0.4, -0.2) is 42.1 Å². The number of ether oxygens (including phenoxy) is 1. The summed E-state index contributed by atoms with van der Waals surface area (Å²) in [4.78, 5) is 24.4. The van der Waals surface area contributed by atoms with Crippen molar-refractivity contribution >= 4 is 29.2 Å². The fourth-order valence-corrected chi connectivity index (χ4v) is 2.07. The number of esters is 1. The molecule has 0 aromatic carbocycles. The smallest absolute Gasteiger partial charge is 0.308 e. The zero-order chi connectivity index (χ0) is 12.8. The van der Waals surface area contributed by atoms with Gasteiger partial charge in [0, 0.05) is 19.5 Å². The van der Waals surface area contributed by atoms with Gasteiger partial charge in [-0.1, -0.05) is 6.92 Å². The largest absolute Gasteiger partial charge is 0.469 e. The van der Waals surface area contributed by atoms with E-state index in [1.54, 1.807) is 6.92 Å². The van der Waals surface area contributed by atoms with E-state index >= 15 is 0 Å². The zero-order valence-corrected chi connectivity index (χ0v) is 11.0. The first-order valence-electron chi connectivity index (χ1n) is 5.75. The van der Waals surface area contributed by atoms with Gasteiger partial charge in [0.05, 0.1) is 13.0 Å². The molecule has 1 N–H and O–H groups in total. The van der Waals surface area contributed by atoms with Gasteiger partial charge in [-0.15, -0.1) is 0 Å². The number of piperidine rings is 1. The number of nitrogens with one attached hydrogen (secondary N) is 1. The van der Waals surface area contributed by atoms with E-state index in [4.69, 9.17) is 17.0 Å². The van der Waals surface area contributed by atoms with Crippen LogP contribution in [0.2, 0.25) is 0 Å². The van der Waals surface area contributed by atoms with Crippen molar-refractivity contribution in [3.8, 4) is 0 Å². The van der Waals surface area contributed by atoms with Crippen molar-refractivity contribution in [2.75, 3.05) is 20.2 Å². The maximum atomic E-state index is 11.3. The minimum Gasteiger partial charge on any atom is -0.469 e. The minimum atomic E-state index is -0.159. The molecule has 17 heavy (non-hydrogen) atoms. The van der Waals surface area contributed by atoms with Gasteiger partial charge < -0.3 is 15.0 Å². The molecule has 0 aromatic heterocycles. The molecule has 0 aliphatic carbocycles. The molecule has 5 nitrogen and oxygen atoms in total. The highest BCUT2D eigenvalue weighted by Gasteiger charge is 2.26. The van der Waals surface area contributed by atoms with Crippen LogP contribution in [0.3, 0.4) is 0 Å². The third-order valence-electron chi connectivity index (χ3n) is 2.88. The number of hydrogen-bond acceptors (Lipinski definition) is 4. The Morgan fingerprint density at radius 3 is 2.47 bits per heavy atom. The van der Waals surface area contributed by atoms with Crippen LogP contribution in [0.1, 0.15) is 26.2 Å². The molecule has 0 radical (unpaired) electrons. The van der Waals surface area contributed by atoms with E-state index < -0.39 is 0 Å². The van der Waals surface area contributed by atoms with Crippen LogP contribution >= 0.6 is 12.2 Å². The summed E-state index contributed by atoms with van der Waals surface area (Å²) < 4.78 is 4.71. The highest BCUT2D eigenvalue weighted by atomic mass is 32.1. The molecule has 0 spiro atoms. The Morgan fingerprint density at radius 2 is 2.00 bits per heavy atom. The van der Waals surface area contributed by atoms with Gasteiger partial charge in [-0.25, -0.2) is 0 Å². The van der Waals surface area contributed by atoms with Crippen LogP contribution in [0.4, 0.5) is 0 Å². The number of amides is 1. The van der Waals surface area contributed by atoms with Gasteiger partial charge in [0.1, 0.15) is 0 Å². The molecule has 96 valence electrons. The second kappa shape index (κ2) is 6.54. The molecule has 1 rings (SSSR count). The van der Waals surface area contributed by atoms with Crippen molar-refractivity contribution in [1.82, 2.24) is 10.2 Å². The zero-order valence-electron chi connectivity index (χ0n) is 10.2. The summed E-state index contributed by atoms with van der Waals surface area (Å²) in [6, 6.07) is 0. The SMILES string of the molecule is CCC(=O)NC(=S)N1CCC(C(=O)OC)CC1. The first kappa shape index (κ1) is 13.9. The molecule has 1 heterocycles. The van der Waals surface area contributed by atoms with Gasteiger partial charge in [-0.2, -0.15) is 0 Å². The fraction of sp³-hybridized carbons (Fsp3) is 0.727. The van der Waals surface area contributed by atoms with E-state index in [0.29, 0.717) is 24.6 Å². The number of nitrogens with zero attached hydrogens (tertiary/aromatic N) is 1. The summed E-state index contributed by atoms with van der Waals surface area (Å²) in [6.45, 7) is 3.15. The van der Waals surface area contributed by atoms with Gasteiger partial charge in [0.15, 0.2) is 5.11 Å². The van der Waals surface area contributed by atoms with Crippen LogP contribution in [0, 0.1) is 5.92 Å². The molecule has 0 atom stereocenters. The lowest BCUT2D eigenvalue weighted by Gasteiger charge is -2.32. The maximum Gasteiger partial charge on any atom is 0.308 e. The number of thiocarbonyl (C=S) groups is 1. The van der Waals surface area contributed by atoms with E-state index in [0.717, 1.165) is 12.8 Å². The topological polar surface area (TPSA) is 58.6 Å². The molecule has 1 aliphatic heterocycles. The standard InChI is InChI=1S/C11H18N2O3S/c1-3-9(14)12-11(17)13-6-4-8(5-7-13)10(15)16-2/h8H,3-7H2,1-2H3,(H,12,14,17). The molecule has 1 aliphatic rings. The summed E-state index contributed by atoms with van der Waals surface area (Å²) in [6.07, 6.45) is 1.85. The lowest BCUT2D eigenvalue weighted by molar-refractivity contribution is -0.146. The highest BCUT2D eigenvalue weighted by molar-refractivity contribution is 7.80. The van der Waals surface area contributed by atoms with E-state index in [2.05, 4.69) is 5.32 Å². The summed E-state index contributed by atoms with van der Waals surface area (Å²) in [5.41, 5.74) is 0. The second-order valence-corrected chi connectivity index (χ2v) is 4.38. The molecule has 0 unspecified atom stereocenters. The van der Waals surface area contributed by atoms with Crippen molar-refractivity contribution in [3.63, 3.8) is 0 Å². The summed E-state index contributed by atoms with van der Waals surface area (Å²) >= 11 is 5.13. The number of likely N-dealkylation sites (tertiary alicyclic amines) is 1. The molecular weight excluding hydrogens is 240 g/mol. The Morgan fingerprint density at radius 1 is 1.41 bits per heavy atom. The second-order valence-electron chi connectivity index (χ2n) is 3.99. The van der Waals surface area contributed by atoms with E-state index in [-0.39, 0.29) is 17.8 Å².